The topological polar surface area (TPSA) is 55.4 Å². The summed E-state index contributed by atoms with van der Waals surface area (Å²) in [6, 6.07) is 4.98. The van der Waals surface area contributed by atoms with E-state index in [0.717, 1.165) is 5.56 Å². The van der Waals surface area contributed by atoms with Crippen molar-refractivity contribution in [2.45, 2.75) is 6.04 Å². The van der Waals surface area contributed by atoms with Gasteiger partial charge in [0.05, 0.1) is 18.6 Å². The Morgan fingerprint density at radius 1 is 1.47 bits per heavy atom. The maximum atomic E-state index is 11.6. The Balaban J connectivity index is 2.36. The standard InChI is InChI=1S/C11H14ClNO3S/c1-16-11-3-2-8(12)6-9(11)10-7-17(14,15)5-4-13-10/h2-3,6,10,13H,4-5,7H2,1H3. The van der Waals surface area contributed by atoms with Crippen LogP contribution in [0, 0.1) is 0 Å². The summed E-state index contributed by atoms with van der Waals surface area (Å²) in [5.74, 6) is 0.930. The molecule has 1 fully saturated rings. The van der Waals surface area contributed by atoms with E-state index < -0.39 is 9.84 Å². The number of sulfone groups is 1. The lowest BCUT2D eigenvalue weighted by Gasteiger charge is -2.25. The number of methoxy groups -OCH3 is 1. The maximum Gasteiger partial charge on any atom is 0.153 e. The number of hydrogen-bond acceptors (Lipinski definition) is 4. The molecule has 0 amide bonds. The van der Waals surface area contributed by atoms with Gasteiger partial charge >= 0.3 is 0 Å². The summed E-state index contributed by atoms with van der Waals surface area (Å²) in [6.07, 6.45) is 0. The minimum Gasteiger partial charge on any atom is -0.496 e. The third-order valence-electron chi connectivity index (χ3n) is 2.79. The molecule has 1 aromatic carbocycles. The largest absolute Gasteiger partial charge is 0.496 e. The van der Waals surface area contributed by atoms with Crippen molar-refractivity contribution in [3.8, 4) is 5.75 Å². The molecule has 1 N–H and O–H groups in total. The summed E-state index contributed by atoms with van der Waals surface area (Å²) < 4.78 is 28.4. The lowest BCUT2D eigenvalue weighted by molar-refractivity contribution is 0.401. The first-order valence-corrected chi connectivity index (χ1v) is 7.49. The number of nitrogens with one attached hydrogen (secondary N) is 1. The first-order valence-electron chi connectivity index (χ1n) is 5.29. The number of ether oxygens (including phenoxy) is 1. The second-order valence-corrected chi connectivity index (χ2v) is 6.67. The van der Waals surface area contributed by atoms with Crippen LogP contribution in [0.15, 0.2) is 18.2 Å². The van der Waals surface area contributed by atoms with Gasteiger partial charge in [-0.15, -0.1) is 0 Å². The Bertz CT molecular complexity index is 515. The smallest absolute Gasteiger partial charge is 0.153 e. The molecule has 0 aliphatic carbocycles. The van der Waals surface area contributed by atoms with Crippen LogP contribution in [0.5, 0.6) is 5.75 Å². The third-order valence-corrected chi connectivity index (χ3v) is 4.69. The van der Waals surface area contributed by atoms with Crippen LogP contribution in [0.25, 0.3) is 0 Å². The highest BCUT2D eigenvalue weighted by molar-refractivity contribution is 7.91. The lowest BCUT2D eigenvalue weighted by atomic mass is 10.1. The van der Waals surface area contributed by atoms with Crippen molar-refractivity contribution >= 4 is 21.4 Å². The molecule has 1 aromatic rings. The highest BCUT2D eigenvalue weighted by Gasteiger charge is 2.27. The molecular formula is C11H14ClNO3S. The third kappa shape index (κ3) is 2.91. The van der Waals surface area contributed by atoms with E-state index in [-0.39, 0.29) is 17.5 Å². The van der Waals surface area contributed by atoms with Crippen molar-refractivity contribution in [1.29, 1.82) is 0 Å². The Hall–Kier alpha value is -0.780. The average molecular weight is 276 g/mol. The zero-order chi connectivity index (χ0) is 12.5. The fraction of sp³-hybridized carbons (Fsp3) is 0.455. The van der Waals surface area contributed by atoms with Crippen LogP contribution in [0.2, 0.25) is 5.02 Å². The van der Waals surface area contributed by atoms with E-state index in [4.69, 9.17) is 16.3 Å². The summed E-state index contributed by atoms with van der Waals surface area (Å²) in [5.41, 5.74) is 0.795. The van der Waals surface area contributed by atoms with Gasteiger partial charge in [-0.1, -0.05) is 11.6 Å². The van der Waals surface area contributed by atoms with E-state index >= 15 is 0 Å². The molecule has 0 saturated carbocycles. The fourth-order valence-corrected chi connectivity index (χ4v) is 3.54. The summed E-state index contributed by atoms with van der Waals surface area (Å²) in [7, 11) is -1.42. The van der Waals surface area contributed by atoms with E-state index in [1.807, 2.05) is 0 Å². The Morgan fingerprint density at radius 2 is 2.24 bits per heavy atom. The Labute approximate surface area is 106 Å². The molecule has 1 atom stereocenters. The Morgan fingerprint density at radius 3 is 2.88 bits per heavy atom. The first-order chi connectivity index (χ1) is 8.02. The molecule has 1 unspecified atom stereocenters. The maximum absolute atomic E-state index is 11.6. The predicted octanol–water partition coefficient (Wildman–Crippen LogP) is 1.41. The fourth-order valence-electron chi connectivity index (χ4n) is 1.96. The summed E-state index contributed by atoms with van der Waals surface area (Å²) in [5, 5.41) is 3.75. The number of benzene rings is 1. The highest BCUT2D eigenvalue weighted by atomic mass is 35.5. The molecule has 1 heterocycles. The van der Waals surface area contributed by atoms with E-state index in [9.17, 15) is 8.42 Å². The normalized spacial score (nSPS) is 23.3. The van der Waals surface area contributed by atoms with E-state index in [2.05, 4.69) is 5.32 Å². The van der Waals surface area contributed by atoms with Gasteiger partial charge in [-0.25, -0.2) is 8.42 Å². The molecule has 1 aliphatic rings. The number of halogens is 1. The van der Waals surface area contributed by atoms with Gasteiger partial charge in [-0.3, -0.25) is 0 Å². The molecule has 0 spiro atoms. The molecular weight excluding hydrogens is 262 g/mol. The van der Waals surface area contributed by atoms with Gasteiger partial charge in [0.25, 0.3) is 0 Å². The molecule has 0 aromatic heterocycles. The lowest BCUT2D eigenvalue weighted by Crippen LogP contribution is -2.39. The van der Waals surface area contributed by atoms with Crippen LogP contribution in [-0.2, 0) is 9.84 Å². The summed E-state index contributed by atoms with van der Waals surface area (Å²) in [6.45, 7) is 0.461. The van der Waals surface area contributed by atoms with Crippen molar-refractivity contribution in [3.05, 3.63) is 28.8 Å². The quantitative estimate of drug-likeness (QED) is 0.887. The molecule has 0 bridgehead atoms. The summed E-state index contributed by atoms with van der Waals surface area (Å²) in [4.78, 5) is 0. The number of hydrogen-bond donors (Lipinski definition) is 1. The van der Waals surface area contributed by atoms with E-state index in [1.165, 1.54) is 0 Å². The van der Waals surface area contributed by atoms with Crippen molar-refractivity contribution in [2.24, 2.45) is 0 Å². The molecule has 2 rings (SSSR count). The van der Waals surface area contributed by atoms with Crippen molar-refractivity contribution in [3.63, 3.8) is 0 Å². The van der Waals surface area contributed by atoms with Crippen LogP contribution in [0.3, 0.4) is 0 Å². The Kier molecular flexibility index (Phi) is 3.61. The first kappa shape index (κ1) is 12.7. The molecule has 94 valence electrons. The monoisotopic (exact) mass is 275 g/mol. The van der Waals surface area contributed by atoms with E-state index in [0.29, 0.717) is 17.3 Å². The molecule has 1 saturated heterocycles. The van der Waals surface area contributed by atoms with Crippen LogP contribution < -0.4 is 10.1 Å². The zero-order valence-corrected chi connectivity index (χ0v) is 11.0. The van der Waals surface area contributed by atoms with Crippen molar-refractivity contribution in [2.75, 3.05) is 25.2 Å². The number of rotatable bonds is 2. The van der Waals surface area contributed by atoms with Gasteiger partial charge < -0.3 is 10.1 Å². The van der Waals surface area contributed by atoms with Crippen molar-refractivity contribution < 1.29 is 13.2 Å². The molecule has 6 heteroatoms. The second kappa shape index (κ2) is 4.84. The predicted molar refractivity (Wildman–Crippen MR) is 67.4 cm³/mol. The minimum absolute atomic E-state index is 0.0870. The average Bonchev–Trinajstić information content (AvgIpc) is 2.27. The van der Waals surface area contributed by atoms with Crippen LogP contribution in [0.4, 0.5) is 0 Å². The van der Waals surface area contributed by atoms with Gasteiger partial charge in [-0.2, -0.15) is 0 Å². The van der Waals surface area contributed by atoms with Crippen LogP contribution in [0.1, 0.15) is 11.6 Å². The second-order valence-electron chi connectivity index (χ2n) is 4.01. The zero-order valence-electron chi connectivity index (χ0n) is 9.44. The van der Waals surface area contributed by atoms with Gasteiger partial charge in [0, 0.05) is 23.2 Å². The van der Waals surface area contributed by atoms with Gasteiger partial charge in [0.1, 0.15) is 5.75 Å². The van der Waals surface area contributed by atoms with Gasteiger partial charge in [0.2, 0.25) is 0 Å². The molecule has 17 heavy (non-hydrogen) atoms. The molecule has 1 aliphatic heterocycles. The van der Waals surface area contributed by atoms with Crippen LogP contribution in [-0.4, -0.2) is 33.6 Å². The highest BCUT2D eigenvalue weighted by Crippen LogP contribution is 2.30. The molecule has 4 nitrogen and oxygen atoms in total. The van der Waals surface area contributed by atoms with Crippen LogP contribution >= 0.6 is 11.6 Å². The SMILES string of the molecule is COc1ccc(Cl)cc1C1CS(=O)(=O)CCN1. The minimum atomic E-state index is -2.98. The van der Waals surface area contributed by atoms with E-state index in [1.54, 1.807) is 25.3 Å². The van der Waals surface area contributed by atoms with Crippen molar-refractivity contribution in [1.82, 2.24) is 5.32 Å². The van der Waals surface area contributed by atoms with Gasteiger partial charge in [0.15, 0.2) is 9.84 Å². The van der Waals surface area contributed by atoms with Gasteiger partial charge in [-0.05, 0) is 18.2 Å². The summed E-state index contributed by atoms with van der Waals surface area (Å²) >= 11 is 5.93. The molecule has 0 radical (unpaired) electrons.